The molecule has 0 fully saturated rings. The number of hydrogen-bond acceptors (Lipinski definition) is 5. The van der Waals surface area contributed by atoms with Gasteiger partial charge < -0.3 is 20.7 Å². The van der Waals surface area contributed by atoms with Crippen LogP contribution >= 0.6 is 0 Å². The van der Waals surface area contributed by atoms with Crippen LogP contribution in [-0.2, 0) is 6.54 Å². The lowest BCUT2D eigenvalue weighted by Gasteiger charge is -2.28. The molecule has 3 aromatic rings. The number of anilines is 1. The van der Waals surface area contributed by atoms with E-state index in [0.29, 0.717) is 12.2 Å². The minimum atomic E-state index is -0.596. The second kappa shape index (κ2) is 8.12. The standard InChI is InChI=1S/C22H29N5O/c1-15(2)19-13-17-8-10-27(21(17)26-25-19)11-9-22(3,4)24-14-20(28)16-6-5-7-18(23)12-16/h5-8,10,12-13,20,24,28H,1,9,11,14,23H2,2-4H3/t20-/m0/s1. The van der Waals surface area contributed by atoms with Crippen molar-refractivity contribution in [3.8, 4) is 0 Å². The van der Waals surface area contributed by atoms with E-state index in [2.05, 4.69) is 46.6 Å². The first-order valence-electron chi connectivity index (χ1n) is 9.52. The molecule has 3 rings (SSSR count). The fraction of sp³-hybridized carbons (Fsp3) is 0.364. The van der Waals surface area contributed by atoms with Crippen molar-refractivity contribution in [1.82, 2.24) is 20.1 Å². The fourth-order valence-electron chi connectivity index (χ4n) is 3.12. The molecule has 148 valence electrons. The number of fused-ring (bicyclic) bond motifs is 1. The average Bonchev–Trinajstić information content (AvgIpc) is 3.07. The molecule has 0 aliphatic rings. The Kier molecular flexibility index (Phi) is 5.82. The number of benzene rings is 1. The molecule has 4 N–H and O–H groups in total. The lowest BCUT2D eigenvalue weighted by atomic mass is 9.99. The zero-order valence-corrected chi connectivity index (χ0v) is 16.8. The van der Waals surface area contributed by atoms with E-state index in [9.17, 15) is 5.11 Å². The van der Waals surface area contributed by atoms with Crippen LogP contribution in [-0.4, -0.2) is 32.0 Å². The summed E-state index contributed by atoms with van der Waals surface area (Å²) in [5, 5.41) is 23.6. The number of aliphatic hydroxyl groups excluding tert-OH is 1. The van der Waals surface area contributed by atoms with Gasteiger partial charge in [0.05, 0.1) is 11.8 Å². The Hall–Kier alpha value is -2.70. The van der Waals surface area contributed by atoms with Gasteiger partial charge in [0.1, 0.15) is 0 Å². The Morgan fingerprint density at radius 3 is 2.79 bits per heavy atom. The van der Waals surface area contributed by atoms with Crippen molar-refractivity contribution in [1.29, 1.82) is 0 Å². The average molecular weight is 380 g/mol. The van der Waals surface area contributed by atoms with Gasteiger partial charge in [-0.3, -0.25) is 0 Å². The van der Waals surface area contributed by atoms with E-state index in [4.69, 9.17) is 5.73 Å². The number of aliphatic hydroxyl groups is 1. The number of rotatable bonds is 8. The number of nitrogen functional groups attached to an aromatic ring is 1. The highest BCUT2D eigenvalue weighted by atomic mass is 16.3. The van der Waals surface area contributed by atoms with Gasteiger partial charge in [-0.25, -0.2) is 0 Å². The minimum Gasteiger partial charge on any atom is -0.399 e. The van der Waals surface area contributed by atoms with Crippen molar-refractivity contribution in [2.24, 2.45) is 0 Å². The van der Waals surface area contributed by atoms with Gasteiger partial charge in [-0.1, -0.05) is 18.7 Å². The van der Waals surface area contributed by atoms with Gasteiger partial charge in [0.15, 0.2) is 5.65 Å². The van der Waals surface area contributed by atoms with Gasteiger partial charge in [-0.05, 0) is 62.6 Å². The highest BCUT2D eigenvalue weighted by Crippen LogP contribution is 2.20. The summed E-state index contributed by atoms with van der Waals surface area (Å²) in [5.74, 6) is 0. The lowest BCUT2D eigenvalue weighted by molar-refractivity contribution is 0.158. The van der Waals surface area contributed by atoms with Gasteiger partial charge in [0.25, 0.3) is 0 Å². The van der Waals surface area contributed by atoms with Gasteiger partial charge >= 0.3 is 0 Å². The largest absolute Gasteiger partial charge is 0.399 e. The van der Waals surface area contributed by atoms with Gasteiger partial charge in [-0.15, -0.1) is 10.2 Å². The summed E-state index contributed by atoms with van der Waals surface area (Å²) >= 11 is 0. The number of aromatic nitrogens is 3. The summed E-state index contributed by atoms with van der Waals surface area (Å²) in [6, 6.07) is 11.4. The molecule has 0 amide bonds. The molecule has 0 saturated heterocycles. The third-order valence-corrected chi connectivity index (χ3v) is 4.99. The van der Waals surface area contributed by atoms with E-state index in [1.807, 2.05) is 43.5 Å². The Morgan fingerprint density at radius 1 is 1.29 bits per heavy atom. The van der Waals surface area contributed by atoms with Crippen LogP contribution in [0.5, 0.6) is 0 Å². The minimum absolute atomic E-state index is 0.150. The van der Waals surface area contributed by atoms with Crippen molar-refractivity contribution in [2.75, 3.05) is 12.3 Å². The van der Waals surface area contributed by atoms with Crippen molar-refractivity contribution < 1.29 is 5.11 Å². The zero-order chi connectivity index (χ0) is 20.3. The maximum Gasteiger partial charge on any atom is 0.162 e. The second-order valence-corrected chi connectivity index (χ2v) is 8.00. The summed E-state index contributed by atoms with van der Waals surface area (Å²) in [6.45, 7) is 11.4. The van der Waals surface area contributed by atoms with Crippen molar-refractivity contribution in [3.05, 3.63) is 60.4 Å². The van der Waals surface area contributed by atoms with Crippen LogP contribution < -0.4 is 11.1 Å². The Bertz CT molecular complexity index is 976. The van der Waals surface area contributed by atoms with E-state index < -0.39 is 6.10 Å². The summed E-state index contributed by atoms with van der Waals surface area (Å²) in [5.41, 5.74) is 9.74. The third-order valence-electron chi connectivity index (χ3n) is 4.99. The maximum absolute atomic E-state index is 10.4. The van der Waals surface area contributed by atoms with Crippen molar-refractivity contribution in [2.45, 2.75) is 45.4 Å². The summed E-state index contributed by atoms with van der Waals surface area (Å²) in [6.07, 6.45) is 2.32. The molecule has 1 aromatic carbocycles. The normalized spacial score (nSPS) is 13.0. The first-order chi connectivity index (χ1) is 13.2. The highest BCUT2D eigenvalue weighted by Gasteiger charge is 2.20. The first-order valence-corrected chi connectivity index (χ1v) is 9.52. The Labute approximate surface area is 166 Å². The van der Waals surface area contributed by atoms with Crippen molar-refractivity contribution >= 4 is 22.3 Å². The predicted octanol–water partition coefficient (Wildman–Crippen LogP) is 3.54. The maximum atomic E-state index is 10.4. The van der Waals surface area contributed by atoms with Crippen LogP contribution in [0, 0.1) is 0 Å². The number of hydrogen-bond donors (Lipinski definition) is 3. The molecule has 0 saturated carbocycles. The number of nitrogens with zero attached hydrogens (tertiary/aromatic N) is 3. The van der Waals surface area contributed by atoms with Gasteiger partial charge in [-0.2, -0.15) is 0 Å². The molecule has 6 heteroatoms. The molecular weight excluding hydrogens is 350 g/mol. The number of allylic oxidation sites excluding steroid dienone is 1. The SMILES string of the molecule is C=C(C)c1cc2ccn(CCC(C)(C)NC[C@H](O)c3cccc(N)c3)c2nn1. The number of nitrogens with one attached hydrogen (secondary N) is 1. The van der Waals surface area contributed by atoms with Gasteiger partial charge in [0, 0.05) is 35.9 Å². The number of β-amino-alcohol motifs (C(OH)–C–C–N with tert-alkyl or cyclic N) is 1. The molecule has 0 radical (unpaired) electrons. The second-order valence-electron chi connectivity index (χ2n) is 8.00. The summed E-state index contributed by atoms with van der Waals surface area (Å²) < 4.78 is 2.11. The fourth-order valence-corrected chi connectivity index (χ4v) is 3.12. The van der Waals surface area contributed by atoms with Crippen LogP contribution in [0.4, 0.5) is 5.69 Å². The van der Waals surface area contributed by atoms with E-state index in [1.165, 1.54) is 0 Å². The topological polar surface area (TPSA) is 89.0 Å². The van der Waals surface area contributed by atoms with Crippen LogP contribution in [0.3, 0.4) is 0 Å². The summed E-state index contributed by atoms with van der Waals surface area (Å²) in [7, 11) is 0. The molecule has 0 spiro atoms. The van der Waals surface area contributed by atoms with E-state index in [0.717, 1.165) is 40.8 Å². The molecule has 28 heavy (non-hydrogen) atoms. The number of nitrogens with two attached hydrogens (primary N) is 1. The molecule has 0 unspecified atom stereocenters. The Morgan fingerprint density at radius 2 is 2.07 bits per heavy atom. The van der Waals surface area contributed by atoms with E-state index >= 15 is 0 Å². The quantitative estimate of drug-likeness (QED) is 0.521. The van der Waals surface area contributed by atoms with Crippen LogP contribution in [0.2, 0.25) is 0 Å². The Balaban J connectivity index is 1.60. The summed E-state index contributed by atoms with van der Waals surface area (Å²) in [4.78, 5) is 0. The van der Waals surface area contributed by atoms with E-state index in [-0.39, 0.29) is 5.54 Å². The van der Waals surface area contributed by atoms with Crippen LogP contribution in [0.25, 0.3) is 16.6 Å². The van der Waals surface area contributed by atoms with Crippen molar-refractivity contribution in [3.63, 3.8) is 0 Å². The molecule has 0 bridgehead atoms. The van der Waals surface area contributed by atoms with Crippen LogP contribution in [0.15, 0.2) is 49.2 Å². The first kappa shape index (κ1) is 20.0. The lowest BCUT2D eigenvalue weighted by Crippen LogP contribution is -2.42. The smallest absolute Gasteiger partial charge is 0.162 e. The molecule has 0 aliphatic heterocycles. The predicted molar refractivity (Wildman–Crippen MR) is 115 cm³/mol. The van der Waals surface area contributed by atoms with Gasteiger partial charge in [0.2, 0.25) is 0 Å². The molecule has 2 aromatic heterocycles. The monoisotopic (exact) mass is 379 g/mol. The molecule has 0 aliphatic carbocycles. The highest BCUT2D eigenvalue weighted by molar-refractivity contribution is 5.78. The zero-order valence-electron chi connectivity index (χ0n) is 16.8. The molecule has 2 heterocycles. The molecule has 1 atom stereocenters. The molecule has 6 nitrogen and oxygen atoms in total. The third kappa shape index (κ3) is 4.77. The van der Waals surface area contributed by atoms with Crippen LogP contribution in [0.1, 0.15) is 44.6 Å². The number of aryl methyl sites for hydroxylation is 1. The van der Waals surface area contributed by atoms with E-state index in [1.54, 1.807) is 0 Å². The molecular formula is C22H29N5O.